The van der Waals surface area contributed by atoms with Crippen LogP contribution in [-0.4, -0.2) is 17.7 Å². The summed E-state index contributed by atoms with van der Waals surface area (Å²) in [6, 6.07) is 11.8. The summed E-state index contributed by atoms with van der Waals surface area (Å²) in [7, 11) is 0. The number of anilines is 2. The molecule has 0 saturated carbocycles. The minimum atomic E-state index is -0.283. The number of halogens is 1. The molecule has 1 heterocycles. The Morgan fingerprint density at radius 1 is 1.03 bits per heavy atom. The van der Waals surface area contributed by atoms with Gasteiger partial charge in [-0.05, 0) is 68.7 Å². The molecular formula is C23H21ClN2O3. The van der Waals surface area contributed by atoms with Gasteiger partial charge in [0.15, 0.2) is 0 Å². The number of aryl methyl sites for hydroxylation is 1. The number of hydrogen-bond donors (Lipinski definition) is 1. The lowest BCUT2D eigenvalue weighted by molar-refractivity contribution is -0.122. The molecule has 1 saturated heterocycles. The molecule has 4 rings (SSSR count). The number of amides is 3. The minimum absolute atomic E-state index is 0.154. The van der Waals surface area contributed by atoms with E-state index < -0.39 is 0 Å². The van der Waals surface area contributed by atoms with Gasteiger partial charge >= 0.3 is 0 Å². The van der Waals surface area contributed by atoms with Crippen molar-refractivity contribution in [3.8, 4) is 0 Å². The Hall–Kier alpha value is -2.92. The Labute approximate surface area is 174 Å². The number of allylic oxidation sites excluding steroid dienone is 2. The second-order valence-corrected chi connectivity index (χ2v) is 8.11. The molecule has 0 aromatic heterocycles. The number of nitrogens with one attached hydrogen (secondary N) is 1. The number of rotatable bonds is 3. The van der Waals surface area contributed by atoms with Crippen molar-refractivity contribution in [3.05, 3.63) is 70.3 Å². The fraction of sp³-hybridized carbons (Fsp3) is 0.261. The van der Waals surface area contributed by atoms with Crippen LogP contribution in [0.3, 0.4) is 0 Å². The first-order chi connectivity index (χ1) is 13.8. The normalized spacial score (nSPS) is 21.1. The number of imide groups is 1. The molecule has 0 spiro atoms. The summed E-state index contributed by atoms with van der Waals surface area (Å²) in [4.78, 5) is 39.4. The maximum absolute atomic E-state index is 12.8. The molecular weight excluding hydrogens is 388 g/mol. The SMILES string of the molecule is CC1=CC[C@@H]2C(=O)N(c3ccc(C(=O)Nc4cc(Cl)ccc4C)cc3)C(=O)[C@@H]2C1. The number of hydrogen-bond acceptors (Lipinski definition) is 3. The van der Waals surface area contributed by atoms with Crippen LogP contribution in [-0.2, 0) is 9.59 Å². The van der Waals surface area contributed by atoms with Crippen molar-refractivity contribution in [2.75, 3.05) is 10.2 Å². The molecule has 2 aliphatic rings. The molecule has 148 valence electrons. The van der Waals surface area contributed by atoms with E-state index in [0.29, 0.717) is 34.8 Å². The lowest BCUT2D eigenvalue weighted by Gasteiger charge is -2.18. The smallest absolute Gasteiger partial charge is 0.255 e. The van der Waals surface area contributed by atoms with Crippen LogP contribution in [0.4, 0.5) is 11.4 Å². The number of nitrogens with zero attached hydrogens (tertiary/aromatic N) is 1. The van der Waals surface area contributed by atoms with E-state index in [2.05, 4.69) is 5.32 Å². The van der Waals surface area contributed by atoms with Crippen molar-refractivity contribution in [3.63, 3.8) is 0 Å². The van der Waals surface area contributed by atoms with Crippen LogP contribution in [0.2, 0.25) is 5.02 Å². The Morgan fingerprint density at radius 2 is 1.72 bits per heavy atom. The number of carbonyl (C=O) groups excluding carboxylic acids is 3. The van der Waals surface area contributed by atoms with Gasteiger partial charge in [0.25, 0.3) is 5.91 Å². The van der Waals surface area contributed by atoms with Gasteiger partial charge < -0.3 is 5.32 Å². The second kappa shape index (κ2) is 7.48. The van der Waals surface area contributed by atoms with Crippen molar-refractivity contribution in [2.24, 2.45) is 11.8 Å². The van der Waals surface area contributed by atoms with Gasteiger partial charge in [-0.15, -0.1) is 0 Å². The summed E-state index contributed by atoms with van der Waals surface area (Å²) in [5, 5.41) is 3.38. The first kappa shape index (κ1) is 19.4. The molecule has 0 unspecified atom stereocenters. The topological polar surface area (TPSA) is 66.5 Å². The molecule has 29 heavy (non-hydrogen) atoms. The third kappa shape index (κ3) is 3.58. The predicted molar refractivity (Wildman–Crippen MR) is 113 cm³/mol. The van der Waals surface area contributed by atoms with Gasteiger partial charge in [0.05, 0.1) is 17.5 Å². The monoisotopic (exact) mass is 408 g/mol. The highest BCUT2D eigenvalue weighted by molar-refractivity contribution is 6.31. The average Bonchev–Trinajstić information content (AvgIpc) is 2.94. The van der Waals surface area contributed by atoms with E-state index in [1.807, 2.05) is 26.0 Å². The van der Waals surface area contributed by atoms with E-state index in [1.165, 1.54) is 4.90 Å². The van der Waals surface area contributed by atoms with E-state index in [0.717, 1.165) is 11.1 Å². The molecule has 1 aliphatic carbocycles. The molecule has 2 aromatic rings. The summed E-state index contributed by atoms with van der Waals surface area (Å²) in [6.45, 7) is 3.88. The lowest BCUT2D eigenvalue weighted by atomic mass is 9.82. The molecule has 1 fully saturated rings. The van der Waals surface area contributed by atoms with E-state index in [4.69, 9.17) is 11.6 Å². The lowest BCUT2D eigenvalue weighted by Crippen LogP contribution is -2.30. The molecule has 0 bridgehead atoms. The molecule has 1 N–H and O–H groups in total. The molecule has 3 amide bonds. The van der Waals surface area contributed by atoms with Crippen LogP contribution < -0.4 is 10.2 Å². The van der Waals surface area contributed by atoms with Gasteiger partial charge in [-0.1, -0.05) is 29.3 Å². The summed E-state index contributed by atoms with van der Waals surface area (Å²) >= 11 is 6.00. The summed E-state index contributed by atoms with van der Waals surface area (Å²) in [5.74, 6) is -1.15. The number of benzene rings is 2. The van der Waals surface area contributed by atoms with Gasteiger partial charge in [0.1, 0.15) is 0 Å². The Bertz CT molecular complexity index is 1040. The molecule has 2 aromatic carbocycles. The Balaban J connectivity index is 1.52. The largest absolute Gasteiger partial charge is 0.322 e. The Morgan fingerprint density at radius 3 is 2.45 bits per heavy atom. The maximum atomic E-state index is 12.8. The zero-order chi connectivity index (χ0) is 20.7. The van der Waals surface area contributed by atoms with Crippen LogP contribution in [0.1, 0.15) is 35.7 Å². The van der Waals surface area contributed by atoms with Crippen LogP contribution in [0, 0.1) is 18.8 Å². The van der Waals surface area contributed by atoms with Crippen molar-refractivity contribution >= 4 is 40.7 Å². The van der Waals surface area contributed by atoms with E-state index in [9.17, 15) is 14.4 Å². The van der Waals surface area contributed by atoms with E-state index in [1.54, 1.807) is 36.4 Å². The average molecular weight is 409 g/mol. The van der Waals surface area contributed by atoms with Crippen molar-refractivity contribution in [1.29, 1.82) is 0 Å². The summed E-state index contributed by atoms with van der Waals surface area (Å²) in [5.41, 5.74) is 3.63. The van der Waals surface area contributed by atoms with Crippen LogP contribution in [0.5, 0.6) is 0 Å². The van der Waals surface area contributed by atoms with E-state index >= 15 is 0 Å². The van der Waals surface area contributed by atoms with Gasteiger partial charge in [-0.3, -0.25) is 19.3 Å². The second-order valence-electron chi connectivity index (χ2n) is 7.68. The number of fused-ring (bicyclic) bond motifs is 1. The molecule has 5 nitrogen and oxygen atoms in total. The van der Waals surface area contributed by atoms with Gasteiger partial charge in [0.2, 0.25) is 11.8 Å². The fourth-order valence-corrected chi connectivity index (χ4v) is 4.15. The van der Waals surface area contributed by atoms with Gasteiger partial charge in [-0.25, -0.2) is 0 Å². The van der Waals surface area contributed by atoms with Crippen molar-refractivity contribution in [1.82, 2.24) is 0 Å². The highest BCUT2D eigenvalue weighted by Crippen LogP contribution is 2.39. The molecule has 2 atom stereocenters. The van der Waals surface area contributed by atoms with Crippen molar-refractivity contribution in [2.45, 2.75) is 26.7 Å². The van der Waals surface area contributed by atoms with Gasteiger partial charge in [-0.2, -0.15) is 0 Å². The first-order valence-electron chi connectivity index (χ1n) is 9.56. The van der Waals surface area contributed by atoms with Crippen LogP contribution >= 0.6 is 11.6 Å². The fourth-order valence-electron chi connectivity index (χ4n) is 3.98. The number of carbonyl (C=O) groups is 3. The third-order valence-electron chi connectivity index (χ3n) is 5.66. The minimum Gasteiger partial charge on any atom is -0.322 e. The highest BCUT2D eigenvalue weighted by atomic mass is 35.5. The van der Waals surface area contributed by atoms with Crippen molar-refractivity contribution < 1.29 is 14.4 Å². The Kier molecular flexibility index (Phi) is 5.01. The summed E-state index contributed by atoms with van der Waals surface area (Å²) in [6.07, 6.45) is 3.28. The van der Waals surface area contributed by atoms with Crippen LogP contribution in [0.25, 0.3) is 0 Å². The zero-order valence-corrected chi connectivity index (χ0v) is 17.0. The quantitative estimate of drug-likeness (QED) is 0.588. The molecule has 6 heteroatoms. The summed E-state index contributed by atoms with van der Waals surface area (Å²) < 4.78 is 0. The van der Waals surface area contributed by atoms with Gasteiger partial charge in [0, 0.05) is 16.3 Å². The highest BCUT2D eigenvalue weighted by Gasteiger charge is 2.48. The first-order valence-corrected chi connectivity index (χ1v) is 9.94. The zero-order valence-electron chi connectivity index (χ0n) is 16.2. The third-order valence-corrected chi connectivity index (χ3v) is 5.89. The molecule has 0 radical (unpaired) electrons. The molecule has 1 aliphatic heterocycles. The standard InChI is InChI=1S/C23H21ClN2O3/c1-13-3-10-18-19(11-13)23(29)26(22(18)28)17-8-5-15(6-9-17)21(27)25-20-12-16(24)7-4-14(20)2/h3-9,12,18-19H,10-11H2,1-2H3,(H,25,27)/t18-,19+/m0/s1. The van der Waals surface area contributed by atoms with Crippen LogP contribution in [0.15, 0.2) is 54.1 Å². The predicted octanol–water partition coefficient (Wildman–Crippen LogP) is 4.75. The van der Waals surface area contributed by atoms with E-state index in [-0.39, 0.29) is 29.6 Å². The maximum Gasteiger partial charge on any atom is 0.255 e.